The zero-order valence-electron chi connectivity index (χ0n) is 15.5. The summed E-state index contributed by atoms with van der Waals surface area (Å²) in [7, 11) is 0. The maximum atomic E-state index is 14.5. The summed E-state index contributed by atoms with van der Waals surface area (Å²) in [5.74, 6) is 0.293. The highest BCUT2D eigenvalue weighted by Crippen LogP contribution is 2.27. The summed E-state index contributed by atoms with van der Waals surface area (Å²) >= 11 is 1.45. The molecule has 3 N–H and O–H groups in total. The number of nitrogens with one attached hydrogen (secondary N) is 3. The Morgan fingerprint density at radius 1 is 1.25 bits per heavy atom. The van der Waals surface area contributed by atoms with Crippen LogP contribution in [0.15, 0.2) is 16.9 Å². The number of hydrogen-bond acceptors (Lipinski definition) is 5. The van der Waals surface area contributed by atoms with Gasteiger partial charge in [-0.05, 0) is 37.9 Å². The summed E-state index contributed by atoms with van der Waals surface area (Å²) in [6.07, 6.45) is 4.35. The van der Waals surface area contributed by atoms with Gasteiger partial charge in [0.05, 0.1) is 11.3 Å². The zero-order chi connectivity index (χ0) is 18.8. The van der Waals surface area contributed by atoms with Gasteiger partial charge in [-0.2, -0.15) is 0 Å². The van der Waals surface area contributed by atoms with Gasteiger partial charge in [0.1, 0.15) is 23.2 Å². The molecule has 4 rings (SSSR count). The molecule has 0 spiro atoms. The highest BCUT2D eigenvalue weighted by molar-refractivity contribution is 7.99. The Morgan fingerprint density at radius 2 is 2.04 bits per heavy atom. The van der Waals surface area contributed by atoms with E-state index < -0.39 is 17.5 Å². The molecule has 154 valence electrons. The van der Waals surface area contributed by atoms with Gasteiger partial charge in [-0.15, -0.1) is 24.2 Å². The third-order valence-electron chi connectivity index (χ3n) is 5.32. The smallest absolute Gasteiger partial charge is 0.261 e. The van der Waals surface area contributed by atoms with Crippen molar-refractivity contribution < 1.29 is 8.78 Å². The van der Waals surface area contributed by atoms with Gasteiger partial charge in [0.15, 0.2) is 0 Å². The number of alkyl halides is 1. The molecule has 28 heavy (non-hydrogen) atoms. The minimum atomic E-state index is -0.907. The van der Waals surface area contributed by atoms with Crippen LogP contribution in [-0.2, 0) is 5.75 Å². The number of nitrogens with zero attached hydrogens (tertiary/aromatic N) is 1. The van der Waals surface area contributed by atoms with Gasteiger partial charge in [0.2, 0.25) is 0 Å². The molecule has 2 fully saturated rings. The number of benzene rings is 1. The van der Waals surface area contributed by atoms with E-state index >= 15 is 0 Å². The average molecular weight is 431 g/mol. The number of thioether (sulfide) groups is 1. The summed E-state index contributed by atoms with van der Waals surface area (Å²) in [6, 6.07) is 3.46. The second kappa shape index (κ2) is 9.41. The van der Waals surface area contributed by atoms with Gasteiger partial charge in [0.25, 0.3) is 5.56 Å². The fourth-order valence-electron chi connectivity index (χ4n) is 3.90. The molecule has 0 radical (unpaired) electrons. The first-order chi connectivity index (χ1) is 13.1. The molecule has 2 atom stereocenters. The predicted molar refractivity (Wildman–Crippen MR) is 113 cm³/mol. The maximum absolute atomic E-state index is 14.5. The first kappa shape index (κ1) is 21.3. The molecule has 9 heteroatoms. The second-order valence-corrected chi connectivity index (χ2v) is 8.58. The van der Waals surface area contributed by atoms with Crippen molar-refractivity contribution in [3.8, 4) is 0 Å². The fraction of sp³-hybridized carbons (Fsp3) is 0.579. The summed E-state index contributed by atoms with van der Waals surface area (Å²) in [4.78, 5) is 19.4. The molecule has 2 heterocycles. The summed E-state index contributed by atoms with van der Waals surface area (Å²) < 4.78 is 28.4. The molecule has 0 bridgehead atoms. The minimum Gasteiger partial charge on any atom is -0.382 e. The Kier molecular flexibility index (Phi) is 7.17. The average Bonchev–Trinajstić information content (AvgIpc) is 3.13. The summed E-state index contributed by atoms with van der Waals surface area (Å²) in [5, 5.41) is 6.24. The zero-order valence-corrected chi connectivity index (χ0v) is 17.1. The monoisotopic (exact) mass is 430 g/mol. The normalized spacial score (nSPS) is 22.9. The molecule has 2 aromatic rings. The number of hydrogen-bond donors (Lipinski definition) is 3. The Morgan fingerprint density at radius 3 is 2.79 bits per heavy atom. The topological polar surface area (TPSA) is 69.8 Å². The van der Waals surface area contributed by atoms with Crippen molar-refractivity contribution in [3.05, 3.63) is 34.1 Å². The quantitative estimate of drug-likeness (QED) is 0.673. The van der Waals surface area contributed by atoms with E-state index in [4.69, 9.17) is 0 Å². The molecule has 2 aliphatic rings. The molecule has 1 aliphatic heterocycles. The van der Waals surface area contributed by atoms with Crippen LogP contribution < -0.4 is 16.2 Å². The lowest BCUT2D eigenvalue weighted by atomic mass is 10.1. The lowest BCUT2D eigenvalue weighted by Gasteiger charge is -2.25. The van der Waals surface area contributed by atoms with E-state index in [0.717, 1.165) is 25.8 Å². The number of aromatic amines is 1. The van der Waals surface area contributed by atoms with Crippen LogP contribution in [0.1, 0.15) is 37.9 Å². The van der Waals surface area contributed by atoms with Gasteiger partial charge in [-0.25, -0.2) is 13.8 Å². The van der Waals surface area contributed by atoms with Crippen LogP contribution in [0.5, 0.6) is 0 Å². The van der Waals surface area contributed by atoms with Crippen LogP contribution in [0.3, 0.4) is 0 Å². The van der Waals surface area contributed by atoms with E-state index in [-0.39, 0.29) is 23.0 Å². The van der Waals surface area contributed by atoms with Crippen LogP contribution in [0, 0.1) is 5.82 Å². The predicted octanol–water partition coefficient (Wildman–Crippen LogP) is 3.77. The van der Waals surface area contributed by atoms with Crippen molar-refractivity contribution >= 4 is 40.8 Å². The Hall–Kier alpha value is -1.38. The van der Waals surface area contributed by atoms with Crippen molar-refractivity contribution in [2.75, 3.05) is 18.4 Å². The fourth-order valence-corrected chi connectivity index (χ4v) is 5.00. The highest BCUT2D eigenvalue weighted by Gasteiger charge is 2.25. The number of aromatic nitrogens is 2. The van der Waals surface area contributed by atoms with Crippen molar-refractivity contribution in [1.82, 2.24) is 15.3 Å². The molecule has 1 aromatic heterocycles. The largest absolute Gasteiger partial charge is 0.382 e. The first-order valence-corrected chi connectivity index (χ1v) is 10.6. The summed E-state index contributed by atoms with van der Waals surface area (Å²) in [5.41, 5.74) is 0.519. The number of anilines is 1. The van der Waals surface area contributed by atoms with Crippen molar-refractivity contribution in [2.45, 2.75) is 55.3 Å². The Bertz CT molecular complexity index is 875. The van der Waals surface area contributed by atoms with Crippen LogP contribution in [0.2, 0.25) is 0 Å². The van der Waals surface area contributed by atoms with Gasteiger partial charge < -0.3 is 15.6 Å². The van der Waals surface area contributed by atoms with Crippen LogP contribution in [0.25, 0.3) is 10.9 Å². The Balaban J connectivity index is 0.00000225. The highest BCUT2D eigenvalue weighted by atomic mass is 35.5. The van der Waals surface area contributed by atoms with E-state index in [9.17, 15) is 13.6 Å². The molecule has 5 nitrogen and oxygen atoms in total. The van der Waals surface area contributed by atoms with E-state index in [1.165, 1.54) is 30.7 Å². The molecule has 1 saturated heterocycles. The summed E-state index contributed by atoms with van der Waals surface area (Å²) in [6.45, 7) is 1.15. The van der Waals surface area contributed by atoms with Crippen LogP contribution in [0.4, 0.5) is 14.5 Å². The lowest BCUT2D eigenvalue weighted by Crippen LogP contribution is -2.39. The number of halogens is 3. The molecule has 1 saturated carbocycles. The first-order valence-electron chi connectivity index (χ1n) is 9.55. The SMILES string of the molecule is Cl.O=c1[nH]c(CSC2CCNCC2F)nc2cc(NC3CCCC3)cc(F)c12. The van der Waals surface area contributed by atoms with E-state index in [1.807, 2.05) is 0 Å². The van der Waals surface area contributed by atoms with Gasteiger partial charge in [-0.3, -0.25) is 4.79 Å². The third-order valence-corrected chi connectivity index (χ3v) is 6.72. The second-order valence-electron chi connectivity index (χ2n) is 7.35. The number of H-pyrrole nitrogens is 1. The minimum absolute atomic E-state index is 0. The molecule has 1 aromatic carbocycles. The van der Waals surface area contributed by atoms with Gasteiger partial charge in [0, 0.05) is 23.5 Å². The van der Waals surface area contributed by atoms with E-state index in [0.29, 0.717) is 35.4 Å². The maximum Gasteiger partial charge on any atom is 0.261 e. The third kappa shape index (κ3) is 4.78. The lowest BCUT2D eigenvalue weighted by molar-refractivity contribution is 0.275. The molecular weight excluding hydrogens is 406 g/mol. The number of rotatable bonds is 5. The standard InChI is InChI=1S/C19H24F2N4OS.ClH/c20-13-7-12(23-11-3-1-2-4-11)8-15-18(13)19(26)25-17(24-15)10-27-16-5-6-22-9-14(16)21;/h7-8,11,14,16,22-23H,1-6,9-10H2,(H,24,25,26);1H. The van der Waals surface area contributed by atoms with Gasteiger partial charge in [-0.1, -0.05) is 12.8 Å². The molecule has 1 aliphatic carbocycles. The van der Waals surface area contributed by atoms with E-state index in [2.05, 4.69) is 20.6 Å². The molecule has 0 amide bonds. The van der Waals surface area contributed by atoms with Crippen molar-refractivity contribution in [2.24, 2.45) is 0 Å². The van der Waals surface area contributed by atoms with E-state index in [1.54, 1.807) is 6.07 Å². The van der Waals surface area contributed by atoms with Crippen molar-refractivity contribution in [1.29, 1.82) is 0 Å². The molecule has 2 unspecified atom stereocenters. The number of piperidine rings is 1. The van der Waals surface area contributed by atoms with Crippen LogP contribution in [-0.4, -0.2) is 40.5 Å². The molecular formula is C19H25ClF2N4OS. The Labute approximate surface area is 172 Å². The van der Waals surface area contributed by atoms with Crippen molar-refractivity contribution in [3.63, 3.8) is 0 Å². The van der Waals surface area contributed by atoms with Crippen LogP contribution >= 0.6 is 24.2 Å². The van der Waals surface area contributed by atoms with Gasteiger partial charge >= 0.3 is 0 Å². The number of fused-ring (bicyclic) bond motifs is 1.